The molecule has 2 atom stereocenters. The van der Waals surface area contributed by atoms with Crippen LogP contribution in [0.25, 0.3) is 5.69 Å². The lowest BCUT2D eigenvalue weighted by Crippen LogP contribution is -2.30. The molecule has 3 heterocycles. The quantitative estimate of drug-likeness (QED) is 0.339. The smallest absolute Gasteiger partial charge is 0.174 e. The molecule has 0 radical (unpaired) electrons. The van der Waals surface area contributed by atoms with Gasteiger partial charge in [0, 0.05) is 23.3 Å². The molecule has 1 aliphatic heterocycles. The average Bonchev–Trinajstić information content (AvgIpc) is 3.36. The van der Waals surface area contributed by atoms with E-state index < -0.39 is 0 Å². The summed E-state index contributed by atoms with van der Waals surface area (Å²) in [4.78, 5) is 6.88. The third kappa shape index (κ3) is 3.88. The van der Waals surface area contributed by atoms with Crippen molar-refractivity contribution in [2.75, 3.05) is 12.0 Å². The molecule has 1 fully saturated rings. The topological polar surface area (TPSA) is 42.3 Å². The summed E-state index contributed by atoms with van der Waals surface area (Å²) < 4.78 is 8.09. The largest absolute Gasteiger partial charge is 0.495 e. The van der Waals surface area contributed by atoms with Crippen LogP contribution in [-0.4, -0.2) is 21.8 Å². The number of ether oxygens (including phenoxy) is 1. The van der Waals surface area contributed by atoms with Crippen molar-refractivity contribution in [3.05, 3.63) is 107 Å². The van der Waals surface area contributed by atoms with E-state index in [1.54, 1.807) is 7.11 Å². The number of hydrogen-bond acceptors (Lipinski definition) is 3. The summed E-state index contributed by atoms with van der Waals surface area (Å²) in [7, 11) is 1.70. The van der Waals surface area contributed by atoms with Crippen molar-refractivity contribution in [2.45, 2.75) is 39.8 Å². The highest BCUT2D eigenvalue weighted by Crippen LogP contribution is 2.46. The molecule has 5 rings (SSSR count). The number of aromatic nitrogens is 2. The van der Waals surface area contributed by atoms with Crippen LogP contribution in [0.2, 0.25) is 0 Å². The van der Waals surface area contributed by atoms with E-state index in [4.69, 9.17) is 21.9 Å². The molecule has 2 aromatic heterocycles. The molecular formula is C29H30N4OS. The third-order valence-electron chi connectivity index (χ3n) is 7.05. The summed E-state index contributed by atoms with van der Waals surface area (Å²) in [6, 6.07) is 22.6. The molecule has 5 nitrogen and oxygen atoms in total. The van der Waals surface area contributed by atoms with E-state index in [9.17, 15) is 0 Å². The van der Waals surface area contributed by atoms with Crippen LogP contribution >= 0.6 is 12.2 Å². The Bertz CT molecular complexity index is 1400. The molecular weight excluding hydrogens is 452 g/mol. The minimum absolute atomic E-state index is 0.0984. The van der Waals surface area contributed by atoms with E-state index in [-0.39, 0.29) is 12.1 Å². The van der Waals surface area contributed by atoms with Gasteiger partial charge >= 0.3 is 0 Å². The fourth-order valence-electron chi connectivity index (χ4n) is 5.19. The Balaban J connectivity index is 1.72. The Hall–Kier alpha value is -3.64. The second-order valence-electron chi connectivity index (χ2n) is 9.05. The van der Waals surface area contributed by atoms with Crippen molar-refractivity contribution in [2.24, 2.45) is 0 Å². The zero-order chi connectivity index (χ0) is 24.7. The van der Waals surface area contributed by atoms with Crippen molar-refractivity contribution < 1.29 is 4.74 Å². The number of rotatable bonds is 5. The highest BCUT2D eigenvalue weighted by Gasteiger charge is 2.43. The van der Waals surface area contributed by atoms with Gasteiger partial charge in [0.15, 0.2) is 5.11 Å². The average molecular weight is 483 g/mol. The fraction of sp³-hybridized carbons (Fsp3) is 0.241. The Kier molecular flexibility index (Phi) is 6.07. The van der Waals surface area contributed by atoms with Crippen LogP contribution in [0.5, 0.6) is 5.75 Å². The SMILES string of the molecule is COc1ccccc1N1C(=S)N[C@H](c2ccccn2)[C@@H]1c1cc(C)n(-c2cccc(C)c2C)c1C. The maximum atomic E-state index is 5.92. The molecule has 178 valence electrons. The van der Waals surface area contributed by atoms with Crippen LogP contribution in [0.15, 0.2) is 72.9 Å². The first-order chi connectivity index (χ1) is 16.9. The number of thiocarbonyl (C=S) groups is 1. The second-order valence-corrected chi connectivity index (χ2v) is 9.44. The predicted molar refractivity (Wildman–Crippen MR) is 146 cm³/mol. The summed E-state index contributed by atoms with van der Waals surface area (Å²) in [5.41, 5.74) is 9.24. The second kappa shape index (κ2) is 9.19. The van der Waals surface area contributed by atoms with Crippen LogP contribution in [0.3, 0.4) is 0 Å². The molecule has 0 spiro atoms. The molecule has 4 aromatic rings. The van der Waals surface area contributed by atoms with Gasteiger partial charge in [-0.05, 0) is 93.0 Å². The monoisotopic (exact) mass is 482 g/mol. The number of aryl methyl sites for hydroxylation is 2. The lowest BCUT2D eigenvalue weighted by molar-refractivity contribution is 0.414. The van der Waals surface area contributed by atoms with Gasteiger partial charge < -0.3 is 19.5 Å². The van der Waals surface area contributed by atoms with E-state index in [0.717, 1.165) is 17.1 Å². The predicted octanol–water partition coefficient (Wildman–Crippen LogP) is 6.29. The molecule has 6 heteroatoms. The molecule has 0 aliphatic carbocycles. The number of benzene rings is 2. The Labute approximate surface area is 212 Å². The Morgan fingerprint density at radius 1 is 0.914 bits per heavy atom. The van der Waals surface area contributed by atoms with Crippen LogP contribution in [0, 0.1) is 27.7 Å². The van der Waals surface area contributed by atoms with E-state index in [1.165, 1.54) is 33.8 Å². The number of pyridine rings is 1. The molecule has 1 saturated heterocycles. The highest BCUT2D eigenvalue weighted by molar-refractivity contribution is 7.80. The third-order valence-corrected chi connectivity index (χ3v) is 7.36. The first-order valence-electron chi connectivity index (χ1n) is 11.8. The number of nitrogens with zero attached hydrogens (tertiary/aromatic N) is 3. The van der Waals surface area contributed by atoms with Crippen LogP contribution in [-0.2, 0) is 0 Å². The van der Waals surface area contributed by atoms with Crippen molar-refractivity contribution >= 4 is 23.0 Å². The highest BCUT2D eigenvalue weighted by atomic mass is 32.1. The molecule has 35 heavy (non-hydrogen) atoms. The van der Waals surface area contributed by atoms with E-state index in [0.29, 0.717) is 5.11 Å². The van der Waals surface area contributed by atoms with E-state index >= 15 is 0 Å². The molecule has 0 unspecified atom stereocenters. The number of methoxy groups -OCH3 is 1. The van der Waals surface area contributed by atoms with E-state index in [1.807, 2.05) is 36.5 Å². The summed E-state index contributed by atoms with van der Waals surface area (Å²) >= 11 is 5.92. The molecule has 0 bridgehead atoms. The molecule has 0 saturated carbocycles. The van der Waals surface area contributed by atoms with Crippen molar-refractivity contribution in [3.63, 3.8) is 0 Å². The van der Waals surface area contributed by atoms with Crippen molar-refractivity contribution in [1.29, 1.82) is 0 Å². The maximum Gasteiger partial charge on any atom is 0.174 e. The zero-order valence-corrected chi connectivity index (χ0v) is 21.6. The molecule has 1 aliphatic rings. The van der Waals surface area contributed by atoms with Crippen molar-refractivity contribution in [1.82, 2.24) is 14.9 Å². The standard InChI is InChI=1S/C29H30N4OS/c1-18-11-10-14-24(20(18)3)32-19(2)17-22(21(32)4)28-27(23-12-8-9-16-30-23)31-29(35)33(28)25-13-6-7-15-26(25)34-5/h6-17,27-28H,1-5H3,(H,31,35)/t27-,28+/m1/s1. The van der Waals surface area contributed by atoms with Gasteiger partial charge in [-0.15, -0.1) is 0 Å². The number of hydrogen-bond donors (Lipinski definition) is 1. The van der Waals surface area contributed by atoms with Gasteiger partial charge in [0.1, 0.15) is 5.75 Å². The van der Waals surface area contributed by atoms with Crippen LogP contribution < -0.4 is 15.0 Å². The Morgan fingerprint density at radius 2 is 1.66 bits per heavy atom. The van der Waals surface area contributed by atoms with Gasteiger partial charge in [0.2, 0.25) is 0 Å². The maximum absolute atomic E-state index is 5.92. The lowest BCUT2D eigenvalue weighted by atomic mass is 9.96. The van der Waals surface area contributed by atoms with Gasteiger partial charge in [-0.2, -0.15) is 0 Å². The zero-order valence-electron chi connectivity index (χ0n) is 20.7. The van der Waals surface area contributed by atoms with Gasteiger partial charge in [-0.25, -0.2) is 0 Å². The van der Waals surface area contributed by atoms with E-state index in [2.05, 4.69) is 78.9 Å². The van der Waals surface area contributed by atoms with Crippen LogP contribution in [0.4, 0.5) is 5.69 Å². The van der Waals surface area contributed by atoms with Crippen molar-refractivity contribution in [3.8, 4) is 11.4 Å². The summed E-state index contributed by atoms with van der Waals surface area (Å²) in [5, 5.41) is 4.22. The normalized spacial score (nSPS) is 17.5. The summed E-state index contributed by atoms with van der Waals surface area (Å²) in [6.45, 7) is 8.71. The number of nitrogens with one attached hydrogen (secondary N) is 1. The van der Waals surface area contributed by atoms with Gasteiger partial charge in [0.05, 0.1) is 30.6 Å². The first kappa shape index (κ1) is 23.1. The van der Waals surface area contributed by atoms with Gasteiger partial charge in [-0.1, -0.05) is 30.3 Å². The minimum atomic E-state index is -0.110. The molecule has 1 N–H and O–H groups in total. The minimum Gasteiger partial charge on any atom is -0.495 e. The lowest BCUT2D eigenvalue weighted by Gasteiger charge is -2.29. The van der Waals surface area contributed by atoms with Gasteiger partial charge in [0.25, 0.3) is 0 Å². The summed E-state index contributed by atoms with van der Waals surface area (Å²) in [6.07, 6.45) is 1.84. The van der Waals surface area contributed by atoms with Gasteiger partial charge in [-0.3, -0.25) is 4.98 Å². The first-order valence-corrected chi connectivity index (χ1v) is 12.2. The molecule has 0 amide bonds. The Morgan fingerprint density at radius 3 is 2.40 bits per heavy atom. The fourth-order valence-corrected chi connectivity index (χ4v) is 5.53. The number of anilines is 1. The van der Waals surface area contributed by atoms with Crippen LogP contribution in [0.1, 0.15) is 45.9 Å². The summed E-state index contributed by atoms with van der Waals surface area (Å²) in [5.74, 6) is 0.784. The molecule has 2 aromatic carbocycles. The number of para-hydroxylation sites is 2.